The number of hydrogen-bond donors (Lipinski definition) is 1. The van der Waals surface area contributed by atoms with Crippen LogP contribution in [0.3, 0.4) is 0 Å². The van der Waals surface area contributed by atoms with Crippen LogP contribution in [0.15, 0.2) is 83.8 Å². The van der Waals surface area contributed by atoms with Crippen molar-refractivity contribution in [1.82, 2.24) is 10.2 Å². The van der Waals surface area contributed by atoms with E-state index in [1.54, 1.807) is 36.4 Å². The van der Waals surface area contributed by atoms with Crippen molar-refractivity contribution in [2.24, 2.45) is 5.92 Å². The van der Waals surface area contributed by atoms with Gasteiger partial charge in [-0.15, -0.1) is 0 Å². The summed E-state index contributed by atoms with van der Waals surface area (Å²) in [6.07, 6.45) is 0.386. The molecule has 2 amide bonds. The minimum atomic E-state index is -4.07. The normalized spacial score (nSPS) is 12.2. The Bertz CT molecular complexity index is 1370. The highest BCUT2D eigenvalue weighted by atomic mass is 32.2. The molecule has 39 heavy (non-hydrogen) atoms. The van der Waals surface area contributed by atoms with E-state index in [4.69, 9.17) is 0 Å². The molecule has 0 aromatic heterocycles. The number of anilines is 1. The van der Waals surface area contributed by atoms with E-state index in [-0.39, 0.29) is 23.3 Å². The summed E-state index contributed by atoms with van der Waals surface area (Å²) in [5, 5.41) is 2.95. The lowest BCUT2D eigenvalue weighted by Gasteiger charge is -2.33. The number of sulfonamides is 1. The third-order valence-corrected chi connectivity index (χ3v) is 8.36. The van der Waals surface area contributed by atoms with Crippen molar-refractivity contribution < 1.29 is 18.0 Å². The second kappa shape index (κ2) is 13.4. The zero-order chi connectivity index (χ0) is 28.6. The van der Waals surface area contributed by atoms with E-state index in [1.807, 2.05) is 65.0 Å². The second-order valence-corrected chi connectivity index (χ2v) is 12.0. The molecule has 0 aliphatic heterocycles. The lowest BCUT2D eigenvalue weighted by molar-refractivity contribution is -0.140. The van der Waals surface area contributed by atoms with Crippen LogP contribution < -0.4 is 9.62 Å². The van der Waals surface area contributed by atoms with Crippen LogP contribution in [-0.2, 0) is 26.2 Å². The van der Waals surface area contributed by atoms with Crippen molar-refractivity contribution in [2.75, 3.05) is 17.4 Å². The highest BCUT2D eigenvalue weighted by molar-refractivity contribution is 7.92. The number of carbonyl (C=O) groups is 2. The molecule has 0 heterocycles. The molecule has 0 fully saturated rings. The number of nitrogens with zero attached hydrogens (tertiary/aromatic N) is 2. The van der Waals surface area contributed by atoms with Gasteiger partial charge in [-0.05, 0) is 67.1 Å². The molecule has 3 rings (SSSR count). The SMILES string of the molecule is CC[C@@H](C(=O)NCC(C)C)N(Cc1ccccc1C)C(=O)CN(c1cccc(C)c1)S(=O)(=O)c1ccccc1. The fourth-order valence-corrected chi connectivity index (χ4v) is 5.77. The number of hydrogen-bond acceptors (Lipinski definition) is 4. The summed E-state index contributed by atoms with van der Waals surface area (Å²) in [5.74, 6) is -0.452. The Hall–Kier alpha value is -3.65. The minimum Gasteiger partial charge on any atom is -0.354 e. The van der Waals surface area contributed by atoms with Gasteiger partial charge >= 0.3 is 0 Å². The monoisotopic (exact) mass is 549 g/mol. The van der Waals surface area contributed by atoms with E-state index in [1.165, 1.54) is 17.0 Å². The van der Waals surface area contributed by atoms with Gasteiger partial charge in [0.15, 0.2) is 0 Å². The fraction of sp³-hybridized carbons (Fsp3) is 0.355. The Balaban J connectivity index is 2.05. The van der Waals surface area contributed by atoms with Gasteiger partial charge in [0.2, 0.25) is 11.8 Å². The van der Waals surface area contributed by atoms with Gasteiger partial charge in [-0.2, -0.15) is 0 Å². The first-order chi connectivity index (χ1) is 18.5. The van der Waals surface area contributed by atoms with Gasteiger partial charge in [-0.3, -0.25) is 13.9 Å². The molecular formula is C31H39N3O4S. The maximum atomic E-state index is 14.1. The zero-order valence-corrected chi connectivity index (χ0v) is 24.2. The van der Waals surface area contributed by atoms with E-state index in [0.29, 0.717) is 18.7 Å². The van der Waals surface area contributed by atoms with Crippen molar-refractivity contribution in [3.8, 4) is 0 Å². The molecule has 3 aromatic carbocycles. The first-order valence-corrected chi connectivity index (χ1v) is 14.7. The molecular weight excluding hydrogens is 510 g/mol. The molecule has 0 aliphatic carbocycles. The Morgan fingerprint density at radius 3 is 2.18 bits per heavy atom. The third kappa shape index (κ3) is 7.69. The number of rotatable bonds is 12. The van der Waals surface area contributed by atoms with Crippen molar-refractivity contribution >= 4 is 27.5 Å². The maximum Gasteiger partial charge on any atom is 0.264 e. The molecule has 0 saturated heterocycles. The molecule has 8 heteroatoms. The number of carbonyl (C=O) groups excluding carboxylic acids is 2. The summed E-state index contributed by atoms with van der Waals surface area (Å²) in [4.78, 5) is 29.0. The molecule has 3 aromatic rings. The van der Waals surface area contributed by atoms with E-state index < -0.39 is 28.5 Å². The topological polar surface area (TPSA) is 86.8 Å². The molecule has 1 N–H and O–H groups in total. The Kier molecular flexibility index (Phi) is 10.3. The third-order valence-electron chi connectivity index (χ3n) is 6.57. The Labute approximate surface area is 232 Å². The lowest BCUT2D eigenvalue weighted by Crippen LogP contribution is -2.52. The minimum absolute atomic E-state index is 0.0893. The summed E-state index contributed by atoms with van der Waals surface area (Å²) >= 11 is 0. The molecule has 0 aliphatic rings. The molecule has 0 radical (unpaired) electrons. The van der Waals surface area contributed by atoms with Crippen LogP contribution in [0.4, 0.5) is 5.69 Å². The highest BCUT2D eigenvalue weighted by Gasteiger charge is 2.33. The van der Waals surface area contributed by atoms with Crippen molar-refractivity contribution in [2.45, 2.75) is 58.5 Å². The van der Waals surface area contributed by atoms with Crippen LogP contribution in [0.5, 0.6) is 0 Å². The second-order valence-electron chi connectivity index (χ2n) is 10.2. The first-order valence-electron chi connectivity index (χ1n) is 13.3. The first kappa shape index (κ1) is 29.9. The van der Waals surface area contributed by atoms with Gasteiger partial charge in [0.25, 0.3) is 10.0 Å². The lowest BCUT2D eigenvalue weighted by atomic mass is 10.1. The van der Waals surface area contributed by atoms with E-state index in [2.05, 4.69) is 5.32 Å². The predicted molar refractivity (Wildman–Crippen MR) is 156 cm³/mol. The van der Waals surface area contributed by atoms with Crippen LogP contribution in [-0.4, -0.2) is 44.3 Å². The molecule has 0 bridgehead atoms. The number of benzene rings is 3. The van der Waals surface area contributed by atoms with Crippen LogP contribution in [0.1, 0.15) is 43.9 Å². The van der Waals surface area contributed by atoms with E-state index in [9.17, 15) is 18.0 Å². The average molecular weight is 550 g/mol. The van der Waals surface area contributed by atoms with Crippen molar-refractivity contribution in [3.63, 3.8) is 0 Å². The molecule has 208 valence electrons. The summed E-state index contributed by atoms with van der Waals surface area (Å²) in [6, 6.07) is 22.1. The van der Waals surface area contributed by atoms with Gasteiger partial charge in [-0.25, -0.2) is 8.42 Å². The zero-order valence-electron chi connectivity index (χ0n) is 23.4. The Morgan fingerprint density at radius 2 is 1.56 bits per heavy atom. The van der Waals surface area contributed by atoms with Crippen LogP contribution in [0.25, 0.3) is 0 Å². The number of nitrogens with one attached hydrogen (secondary N) is 1. The quantitative estimate of drug-likeness (QED) is 0.341. The van der Waals surface area contributed by atoms with Gasteiger partial charge in [0.1, 0.15) is 12.6 Å². The van der Waals surface area contributed by atoms with Crippen LogP contribution >= 0.6 is 0 Å². The summed E-state index contributed by atoms with van der Waals surface area (Å²) in [6.45, 7) is 9.92. The number of amides is 2. The smallest absolute Gasteiger partial charge is 0.264 e. The molecule has 1 atom stereocenters. The van der Waals surface area contributed by atoms with Crippen LogP contribution in [0.2, 0.25) is 0 Å². The maximum absolute atomic E-state index is 14.1. The fourth-order valence-electron chi connectivity index (χ4n) is 4.34. The van der Waals surface area contributed by atoms with Crippen LogP contribution in [0, 0.1) is 19.8 Å². The largest absolute Gasteiger partial charge is 0.354 e. The Morgan fingerprint density at radius 1 is 0.897 bits per heavy atom. The van der Waals surface area contributed by atoms with Crippen molar-refractivity contribution in [3.05, 3.63) is 95.6 Å². The van der Waals surface area contributed by atoms with Crippen molar-refractivity contribution in [1.29, 1.82) is 0 Å². The van der Waals surface area contributed by atoms with E-state index >= 15 is 0 Å². The van der Waals surface area contributed by atoms with Gasteiger partial charge in [0.05, 0.1) is 10.6 Å². The standard InChI is InChI=1S/C31H39N3O4S/c1-6-29(31(36)32-20-23(2)3)33(21-26-15-11-10-14-25(26)5)30(35)22-34(27-16-12-13-24(4)19-27)39(37,38)28-17-8-7-9-18-28/h7-19,23,29H,6,20-22H2,1-5H3,(H,32,36)/t29-/m0/s1. The van der Waals surface area contributed by atoms with Gasteiger partial charge in [-0.1, -0.05) is 75.4 Å². The number of aryl methyl sites for hydroxylation is 2. The average Bonchev–Trinajstić information content (AvgIpc) is 2.91. The molecule has 7 nitrogen and oxygen atoms in total. The summed E-state index contributed by atoms with van der Waals surface area (Å²) < 4.78 is 28.8. The molecule has 0 unspecified atom stereocenters. The highest BCUT2D eigenvalue weighted by Crippen LogP contribution is 2.26. The molecule has 0 spiro atoms. The van der Waals surface area contributed by atoms with E-state index in [0.717, 1.165) is 21.0 Å². The molecule has 0 saturated carbocycles. The summed E-state index contributed by atoms with van der Waals surface area (Å²) in [5.41, 5.74) is 3.14. The van der Waals surface area contributed by atoms with Gasteiger partial charge < -0.3 is 10.2 Å². The predicted octanol–water partition coefficient (Wildman–Crippen LogP) is 5.08. The van der Waals surface area contributed by atoms with Gasteiger partial charge in [0, 0.05) is 13.1 Å². The summed E-state index contributed by atoms with van der Waals surface area (Å²) in [7, 11) is -4.07.